The maximum atomic E-state index is 8.51. The molecule has 0 aromatic heterocycles. The number of hydrogen-bond donors (Lipinski definition) is 3. The first kappa shape index (κ1) is 11.0. The van der Waals surface area contributed by atoms with Gasteiger partial charge in [0.1, 0.15) is 0 Å². The summed E-state index contributed by atoms with van der Waals surface area (Å²) in [5, 5.41) is 14.5. The highest BCUT2D eigenvalue weighted by atomic mass is 16.3. The molecule has 0 saturated heterocycles. The molecule has 0 saturated carbocycles. The molecule has 0 bridgehead atoms. The Balaban J connectivity index is 3.55. The van der Waals surface area contributed by atoms with Crippen LogP contribution in [0.1, 0.15) is 13.3 Å². The van der Waals surface area contributed by atoms with Crippen molar-refractivity contribution in [3.8, 4) is 0 Å². The Hall–Kier alpha value is -1.03. The first-order valence-corrected chi connectivity index (χ1v) is 4.04. The monoisotopic (exact) mass is 171 g/mol. The van der Waals surface area contributed by atoms with Gasteiger partial charge in [0.15, 0.2) is 5.96 Å². The molecule has 12 heavy (non-hydrogen) atoms. The van der Waals surface area contributed by atoms with E-state index in [1.165, 1.54) is 0 Å². The van der Waals surface area contributed by atoms with Crippen molar-refractivity contribution < 1.29 is 5.11 Å². The molecule has 0 aromatic carbocycles. The van der Waals surface area contributed by atoms with Gasteiger partial charge in [0.05, 0.1) is 0 Å². The minimum Gasteiger partial charge on any atom is -0.396 e. The summed E-state index contributed by atoms with van der Waals surface area (Å²) in [7, 11) is 1.71. The lowest BCUT2D eigenvalue weighted by Crippen LogP contribution is -2.34. The van der Waals surface area contributed by atoms with Crippen LogP contribution in [0.3, 0.4) is 0 Å². The summed E-state index contributed by atoms with van der Waals surface area (Å²) in [6.45, 7) is 2.86. The van der Waals surface area contributed by atoms with E-state index in [2.05, 4.69) is 15.6 Å². The minimum atomic E-state index is 0.202. The predicted molar refractivity (Wildman–Crippen MR) is 51.0 cm³/mol. The topological polar surface area (TPSA) is 56.7 Å². The van der Waals surface area contributed by atoms with Gasteiger partial charge in [0.25, 0.3) is 0 Å². The summed E-state index contributed by atoms with van der Waals surface area (Å²) >= 11 is 0. The fourth-order valence-electron chi connectivity index (χ4n) is 0.643. The van der Waals surface area contributed by atoms with Crippen molar-refractivity contribution in [3.63, 3.8) is 0 Å². The first-order chi connectivity index (χ1) is 5.85. The molecule has 0 rings (SSSR count). The molecular weight excluding hydrogens is 154 g/mol. The summed E-state index contributed by atoms with van der Waals surface area (Å²) < 4.78 is 0. The highest BCUT2D eigenvalue weighted by molar-refractivity contribution is 5.80. The highest BCUT2D eigenvalue weighted by Crippen LogP contribution is 1.73. The third-order valence-corrected chi connectivity index (χ3v) is 1.24. The predicted octanol–water partition coefficient (Wildman–Crippen LogP) is 0.0674. The number of rotatable bonds is 4. The molecule has 0 radical (unpaired) electrons. The van der Waals surface area contributed by atoms with Gasteiger partial charge in [0, 0.05) is 20.2 Å². The van der Waals surface area contributed by atoms with Crippen LogP contribution in [0.25, 0.3) is 0 Å². The molecule has 0 aliphatic rings. The number of aliphatic hydroxyl groups is 1. The largest absolute Gasteiger partial charge is 0.396 e. The van der Waals surface area contributed by atoms with Crippen molar-refractivity contribution in [2.45, 2.75) is 13.3 Å². The number of nitrogens with zero attached hydrogens (tertiary/aromatic N) is 1. The number of allylic oxidation sites excluding steroid dienone is 1. The average molecular weight is 171 g/mol. The van der Waals surface area contributed by atoms with Crippen LogP contribution >= 0.6 is 0 Å². The molecule has 70 valence electrons. The van der Waals surface area contributed by atoms with Crippen molar-refractivity contribution in [3.05, 3.63) is 12.3 Å². The molecule has 0 fully saturated rings. The molecule has 0 heterocycles. The second kappa shape index (κ2) is 8.07. The van der Waals surface area contributed by atoms with E-state index < -0.39 is 0 Å². The lowest BCUT2D eigenvalue weighted by Gasteiger charge is -2.07. The Labute approximate surface area is 73.4 Å². The molecular formula is C8H17N3O. The zero-order chi connectivity index (χ0) is 9.23. The van der Waals surface area contributed by atoms with Crippen molar-refractivity contribution in [1.82, 2.24) is 10.6 Å². The van der Waals surface area contributed by atoms with Crippen LogP contribution in [0.15, 0.2) is 17.3 Å². The van der Waals surface area contributed by atoms with Crippen molar-refractivity contribution in [2.24, 2.45) is 4.99 Å². The zero-order valence-corrected chi connectivity index (χ0v) is 7.67. The highest BCUT2D eigenvalue weighted by Gasteiger charge is 1.91. The Bertz CT molecular complexity index is 154. The van der Waals surface area contributed by atoms with Crippen molar-refractivity contribution in [1.29, 1.82) is 0 Å². The third-order valence-electron chi connectivity index (χ3n) is 1.24. The number of aliphatic hydroxyl groups excluding tert-OH is 1. The number of hydrogen-bond acceptors (Lipinski definition) is 2. The van der Waals surface area contributed by atoms with E-state index in [9.17, 15) is 0 Å². The summed E-state index contributed by atoms with van der Waals surface area (Å²) in [5.74, 6) is 0.724. The molecule has 0 aliphatic carbocycles. The molecule has 3 N–H and O–H groups in total. The third kappa shape index (κ3) is 5.73. The van der Waals surface area contributed by atoms with E-state index in [0.29, 0.717) is 0 Å². The van der Waals surface area contributed by atoms with Crippen LogP contribution < -0.4 is 10.6 Å². The number of aliphatic imine (C=N–C) groups is 1. The van der Waals surface area contributed by atoms with Crippen LogP contribution in [0.4, 0.5) is 0 Å². The molecule has 4 nitrogen and oxygen atoms in total. The zero-order valence-electron chi connectivity index (χ0n) is 7.67. The molecule has 0 spiro atoms. The lowest BCUT2D eigenvalue weighted by molar-refractivity contribution is 0.289. The van der Waals surface area contributed by atoms with Crippen LogP contribution in [-0.4, -0.2) is 31.3 Å². The van der Waals surface area contributed by atoms with E-state index in [1.54, 1.807) is 13.2 Å². The number of nitrogens with one attached hydrogen (secondary N) is 2. The summed E-state index contributed by atoms with van der Waals surface area (Å²) in [6.07, 6.45) is 4.42. The fourth-order valence-corrected chi connectivity index (χ4v) is 0.643. The number of guanidine groups is 1. The SMILES string of the molecule is C/C=C\NC(=NC)NCCCO. The van der Waals surface area contributed by atoms with Crippen molar-refractivity contribution in [2.75, 3.05) is 20.2 Å². The summed E-state index contributed by atoms with van der Waals surface area (Å²) in [5.41, 5.74) is 0. The normalized spacial score (nSPS) is 12.1. The Morgan fingerprint density at radius 1 is 1.58 bits per heavy atom. The second-order valence-electron chi connectivity index (χ2n) is 2.22. The van der Waals surface area contributed by atoms with Gasteiger partial charge in [-0.1, -0.05) is 6.08 Å². The first-order valence-electron chi connectivity index (χ1n) is 4.04. The fraction of sp³-hybridized carbons (Fsp3) is 0.625. The lowest BCUT2D eigenvalue weighted by atomic mass is 10.4. The Morgan fingerprint density at radius 2 is 2.33 bits per heavy atom. The maximum Gasteiger partial charge on any atom is 0.195 e. The van der Waals surface area contributed by atoms with Gasteiger partial charge >= 0.3 is 0 Å². The van der Waals surface area contributed by atoms with E-state index >= 15 is 0 Å². The van der Waals surface area contributed by atoms with E-state index in [1.807, 2.05) is 13.0 Å². The van der Waals surface area contributed by atoms with E-state index in [0.717, 1.165) is 18.9 Å². The van der Waals surface area contributed by atoms with Gasteiger partial charge in [-0.3, -0.25) is 4.99 Å². The van der Waals surface area contributed by atoms with Crippen LogP contribution in [-0.2, 0) is 0 Å². The quantitative estimate of drug-likeness (QED) is 0.319. The summed E-state index contributed by atoms with van der Waals surface area (Å²) in [6, 6.07) is 0. The van der Waals surface area contributed by atoms with E-state index in [-0.39, 0.29) is 6.61 Å². The van der Waals surface area contributed by atoms with Gasteiger partial charge in [-0.2, -0.15) is 0 Å². The van der Waals surface area contributed by atoms with Gasteiger partial charge in [0.2, 0.25) is 0 Å². The smallest absolute Gasteiger partial charge is 0.195 e. The molecule has 0 aromatic rings. The summed E-state index contributed by atoms with van der Waals surface area (Å²) in [4.78, 5) is 3.96. The van der Waals surface area contributed by atoms with Crippen molar-refractivity contribution >= 4 is 5.96 Å². The van der Waals surface area contributed by atoms with Crippen LogP contribution in [0.2, 0.25) is 0 Å². The van der Waals surface area contributed by atoms with Gasteiger partial charge in [-0.15, -0.1) is 0 Å². The van der Waals surface area contributed by atoms with Gasteiger partial charge in [-0.05, 0) is 19.5 Å². The maximum absolute atomic E-state index is 8.51. The van der Waals surface area contributed by atoms with Gasteiger partial charge < -0.3 is 15.7 Å². The molecule has 0 atom stereocenters. The molecule has 4 heteroatoms. The Kier molecular flexibility index (Phi) is 7.38. The molecule has 0 unspecified atom stereocenters. The van der Waals surface area contributed by atoms with Gasteiger partial charge in [-0.25, -0.2) is 0 Å². The molecule has 0 amide bonds. The average Bonchev–Trinajstić information content (AvgIpc) is 2.11. The Morgan fingerprint density at radius 3 is 2.83 bits per heavy atom. The second-order valence-corrected chi connectivity index (χ2v) is 2.22. The standard InChI is InChI=1S/C8H17N3O/c1-3-5-10-8(9-2)11-6-4-7-12/h3,5,12H,4,6-7H2,1-2H3,(H2,9,10,11)/b5-3-. The minimum absolute atomic E-state index is 0.202. The van der Waals surface area contributed by atoms with Crippen LogP contribution in [0, 0.1) is 0 Å². The van der Waals surface area contributed by atoms with Crippen LogP contribution in [0.5, 0.6) is 0 Å². The van der Waals surface area contributed by atoms with E-state index in [4.69, 9.17) is 5.11 Å². The molecule has 0 aliphatic heterocycles.